The fourth-order valence-electron chi connectivity index (χ4n) is 3.95. The maximum absolute atomic E-state index is 13.4. The second-order valence-electron chi connectivity index (χ2n) is 8.75. The summed E-state index contributed by atoms with van der Waals surface area (Å²) in [5.41, 5.74) is 1.04. The zero-order valence-electron chi connectivity index (χ0n) is 19.9. The number of nitrogens with one attached hydrogen (secondary N) is 1. The molecule has 0 spiro atoms. The molecule has 7 heteroatoms. The van der Waals surface area contributed by atoms with E-state index in [-0.39, 0.29) is 11.7 Å². The minimum Gasteiger partial charge on any atom is -0.872 e. The highest BCUT2D eigenvalue weighted by Crippen LogP contribution is 2.39. The smallest absolute Gasteiger partial charge is 0.295 e. The van der Waals surface area contributed by atoms with Crippen LogP contribution in [0.1, 0.15) is 37.4 Å². The van der Waals surface area contributed by atoms with Crippen LogP contribution in [0.3, 0.4) is 0 Å². The van der Waals surface area contributed by atoms with Crippen LogP contribution in [0.2, 0.25) is 0 Å². The van der Waals surface area contributed by atoms with Crippen molar-refractivity contribution in [2.45, 2.75) is 32.4 Å². The van der Waals surface area contributed by atoms with E-state index in [1.165, 1.54) is 9.80 Å². The summed E-state index contributed by atoms with van der Waals surface area (Å²) in [7, 11) is 5.61. The summed E-state index contributed by atoms with van der Waals surface area (Å²) in [5, 5.41) is 13.4. The largest absolute Gasteiger partial charge is 0.872 e. The fraction of sp³-hybridized carbons (Fsp3) is 0.385. The Bertz CT molecular complexity index is 1010. The quantitative estimate of drug-likeness (QED) is 0.352. The molecule has 1 heterocycles. The molecule has 1 aliphatic heterocycles. The van der Waals surface area contributed by atoms with Gasteiger partial charge in [0.25, 0.3) is 5.91 Å². The Morgan fingerprint density at radius 3 is 2.18 bits per heavy atom. The van der Waals surface area contributed by atoms with Crippen molar-refractivity contribution < 1.29 is 29.1 Å². The van der Waals surface area contributed by atoms with Crippen molar-refractivity contribution in [3.8, 4) is 11.5 Å². The van der Waals surface area contributed by atoms with E-state index in [9.17, 15) is 14.7 Å². The summed E-state index contributed by atoms with van der Waals surface area (Å²) in [6.07, 6.45) is 0.741. The van der Waals surface area contributed by atoms with Gasteiger partial charge in [0.2, 0.25) is 5.78 Å². The SMILES string of the molecule is COc1ccc(C([O-])=C2C(=O)C(=O)N(CCC[NH+](C)C)C2c2ccc(OC(C)C)cc2)cc1. The zero-order chi connectivity index (χ0) is 24.1. The van der Waals surface area contributed by atoms with E-state index in [1.54, 1.807) is 43.5 Å². The molecule has 3 rings (SSSR count). The van der Waals surface area contributed by atoms with Gasteiger partial charge in [-0.1, -0.05) is 30.0 Å². The van der Waals surface area contributed by atoms with Gasteiger partial charge in [-0.2, -0.15) is 0 Å². The first-order valence-electron chi connectivity index (χ1n) is 11.2. The van der Waals surface area contributed by atoms with Crippen LogP contribution in [0.5, 0.6) is 11.5 Å². The standard InChI is InChI=1S/C26H32N2O5/c1-17(2)33-21-13-7-18(8-14-21)23-22(24(29)19-9-11-20(32-5)12-10-19)25(30)26(31)28(23)16-6-15-27(3)4/h7-14,17,23,29H,6,15-16H2,1-5H3. The summed E-state index contributed by atoms with van der Waals surface area (Å²) in [5.74, 6) is -0.511. The average molecular weight is 453 g/mol. The molecular formula is C26H32N2O5. The van der Waals surface area contributed by atoms with E-state index < -0.39 is 23.5 Å². The number of amides is 1. The van der Waals surface area contributed by atoms with Crippen LogP contribution in [-0.4, -0.2) is 57.0 Å². The van der Waals surface area contributed by atoms with Gasteiger partial charge in [0.05, 0.1) is 39.9 Å². The molecule has 1 fully saturated rings. The van der Waals surface area contributed by atoms with Crippen LogP contribution in [0, 0.1) is 0 Å². The zero-order valence-corrected chi connectivity index (χ0v) is 19.9. The first-order chi connectivity index (χ1) is 15.7. The maximum atomic E-state index is 13.4. The summed E-state index contributed by atoms with van der Waals surface area (Å²) in [6.45, 7) is 5.11. The number of hydrogen-bond acceptors (Lipinski definition) is 5. The Kier molecular flexibility index (Phi) is 7.76. The summed E-state index contributed by atoms with van der Waals surface area (Å²) < 4.78 is 10.9. The molecule has 0 radical (unpaired) electrons. The first kappa shape index (κ1) is 24.3. The van der Waals surface area contributed by atoms with Gasteiger partial charge in [0.1, 0.15) is 11.5 Å². The Morgan fingerprint density at radius 1 is 1.03 bits per heavy atom. The Balaban J connectivity index is 2.04. The number of hydrogen-bond donors (Lipinski definition) is 1. The molecule has 1 saturated heterocycles. The van der Waals surface area contributed by atoms with Gasteiger partial charge >= 0.3 is 0 Å². The molecule has 1 unspecified atom stereocenters. The molecule has 0 aliphatic carbocycles. The van der Waals surface area contributed by atoms with Gasteiger partial charge in [-0.3, -0.25) is 9.59 Å². The van der Waals surface area contributed by atoms with Gasteiger partial charge in [0, 0.05) is 18.5 Å². The number of nitrogens with zero attached hydrogens (tertiary/aromatic N) is 1. The first-order valence-corrected chi connectivity index (χ1v) is 11.2. The highest BCUT2D eigenvalue weighted by atomic mass is 16.5. The highest BCUT2D eigenvalue weighted by Gasteiger charge is 2.43. The lowest BCUT2D eigenvalue weighted by Crippen LogP contribution is -3.05. The topological polar surface area (TPSA) is 83.3 Å². The number of likely N-dealkylation sites (tertiary alicyclic amines) is 1. The second kappa shape index (κ2) is 10.5. The molecule has 0 aromatic heterocycles. The van der Waals surface area contributed by atoms with Crippen LogP contribution >= 0.6 is 0 Å². The van der Waals surface area contributed by atoms with Gasteiger partial charge < -0.3 is 24.4 Å². The third-order valence-corrected chi connectivity index (χ3v) is 5.53. The molecular weight excluding hydrogens is 420 g/mol. The molecule has 0 bridgehead atoms. The number of benzene rings is 2. The predicted molar refractivity (Wildman–Crippen MR) is 124 cm³/mol. The molecule has 1 atom stereocenters. The molecule has 2 aromatic carbocycles. The third-order valence-electron chi connectivity index (χ3n) is 5.53. The van der Waals surface area contributed by atoms with Crippen LogP contribution < -0.4 is 19.5 Å². The molecule has 2 aromatic rings. The van der Waals surface area contributed by atoms with E-state index in [0.717, 1.165) is 13.0 Å². The molecule has 0 saturated carbocycles. The normalized spacial score (nSPS) is 17.8. The molecule has 7 nitrogen and oxygen atoms in total. The minimum atomic E-state index is -0.736. The third kappa shape index (κ3) is 5.54. The van der Waals surface area contributed by atoms with Crippen LogP contribution in [0.4, 0.5) is 0 Å². The lowest BCUT2D eigenvalue weighted by atomic mass is 9.95. The van der Waals surface area contributed by atoms with E-state index in [1.807, 2.05) is 40.1 Å². The highest BCUT2D eigenvalue weighted by molar-refractivity contribution is 6.46. The van der Waals surface area contributed by atoms with Crippen LogP contribution in [0.25, 0.3) is 5.76 Å². The second-order valence-corrected chi connectivity index (χ2v) is 8.75. The Hall–Kier alpha value is -3.32. The molecule has 176 valence electrons. The van der Waals surface area contributed by atoms with Crippen molar-refractivity contribution in [2.75, 3.05) is 34.3 Å². The minimum absolute atomic E-state index is 0.0140. The van der Waals surface area contributed by atoms with Crippen molar-refractivity contribution >= 4 is 17.4 Å². The number of ketones is 1. The van der Waals surface area contributed by atoms with Crippen molar-refractivity contribution in [1.29, 1.82) is 0 Å². The van der Waals surface area contributed by atoms with Gasteiger partial charge in [-0.25, -0.2) is 0 Å². The van der Waals surface area contributed by atoms with E-state index in [0.29, 0.717) is 29.2 Å². The molecule has 1 amide bonds. The van der Waals surface area contributed by atoms with Crippen molar-refractivity contribution in [3.63, 3.8) is 0 Å². The van der Waals surface area contributed by atoms with Crippen LogP contribution in [-0.2, 0) is 9.59 Å². The fourth-order valence-corrected chi connectivity index (χ4v) is 3.95. The summed E-state index contributed by atoms with van der Waals surface area (Å²) in [4.78, 5) is 28.8. The number of carbonyl (C=O) groups is 2. The van der Waals surface area contributed by atoms with Crippen molar-refractivity contribution in [3.05, 3.63) is 65.2 Å². The Labute approximate surface area is 195 Å². The van der Waals surface area contributed by atoms with Gasteiger partial charge in [-0.05, 0) is 49.2 Å². The summed E-state index contributed by atoms with van der Waals surface area (Å²) in [6, 6.07) is 13.1. The number of rotatable bonds is 9. The molecule has 1 N–H and O–H groups in total. The number of Topliss-reactive ketones (excluding diaryl/α,β-unsaturated/α-hetero) is 1. The lowest BCUT2D eigenvalue weighted by Gasteiger charge is -2.28. The Morgan fingerprint density at radius 2 is 1.64 bits per heavy atom. The lowest BCUT2D eigenvalue weighted by molar-refractivity contribution is -0.858. The molecule has 1 aliphatic rings. The van der Waals surface area contributed by atoms with Gasteiger partial charge in [-0.15, -0.1) is 0 Å². The number of methoxy groups -OCH3 is 1. The summed E-state index contributed by atoms with van der Waals surface area (Å²) >= 11 is 0. The monoisotopic (exact) mass is 452 g/mol. The maximum Gasteiger partial charge on any atom is 0.295 e. The van der Waals surface area contributed by atoms with Crippen molar-refractivity contribution in [1.82, 2.24) is 4.90 Å². The number of quaternary nitrogens is 1. The molecule has 33 heavy (non-hydrogen) atoms. The van der Waals surface area contributed by atoms with E-state index in [2.05, 4.69) is 0 Å². The van der Waals surface area contributed by atoms with Crippen molar-refractivity contribution in [2.24, 2.45) is 0 Å². The predicted octanol–water partition coefficient (Wildman–Crippen LogP) is 1.24. The van der Waals surface area contributed by atoms with Gasteiger partial charge in [0.15, 0.2) is 0 Å². The van der Waals surface area contributed by atoms with Crippen LogP contribution in [0.15, 0.2) is 54.1 Å². The average Bonchev–Trinajstić information content (AvgIpc) is 3.03. The van der Waals surface area contributed by atoms with E-state index in [4.69, 9.17) is 9.47 Å². The van der Waals surface area contributed by atoms with E-state index >= 15 is 0 Å². The number of carbonyl (C=O) groups excluding carboxylic acids is 2. The number of ether oxygens (including phenoxy) is 2.